The summed E-state index contributed by atoms with van der Waals surface area (Å²) >= 11 is 0. The van der Waals surface area contributed by atoms with Crippen molar-refractivity contribution >= 4 is 22.5 Å². The maximum absolute atomic E-state index is 12.4. The molecule has 0 spiro atoms. The van der Waals surface area contributed by atoms with Crippen molar-refractivity contribution in [3.8, 4) is 0 Å². The Balaban J connectivity index is 1.97. The van der Waals surface area contributed by atoms with Crippen molar-refractivity contribution in [3.63, 3.8) is 0 Å². The van der Waals surface area contributed by atoms with Crippen LogP contribution >= 0.6 is 10.8 Å². The fourth-order valence-corrected chi connectivity index (χ4v) is 3.46. The van der Waals surface area contributed by atoms with E-state index in [-0.39, 0.29) is 5.70 Å². The van der Waals surface area contributed by atoms with E-state index in [0.29, 0.717) is 16.3 Å². The Hall–Kier alpha value is -2.35. The van der Waals surface area contributed by atoms with Crippen LogP contribution in [-0.2, 0) is 4.79 Å². The number of hydrogen-bond acceptors (Lipinski definition) is 5. The Morgan fingerprint density at radius 2 is 1.95 bits per heavy atom. The molecule has 0 bridgehead atoms. The Labute approximate surface area is 129 Å². The predicted octanol–water partition coefficient (Wildman–Crippen LogP) is 2.73. The number of anilines is 1. The number of aromatic nitrogens is 1. The lowest BCUT2D eigenvalue weighted by molar-refractivity contribution is -0.113. The van der Waals surface area contributed by atoms with Gasteiger partial charge in [0.1, 0.15) is 11.5 Å². The van der Waals surface area contributed by atoms with E-state index in [9.17, 15) is 13.9 Å². The van der Waals surface area contributed by atoms with Crippen LogP contribution < -0.4 is 5.32 Å². The summed E-state index contributed by atoms with van der Waals surface area (Å²) in [4.78, 5) is 16.7. The Morgan fingerprint density at radius 3 is 2.68 bits per heavy atom. The maximum atomic E-state index is 12.4. The van der Waals surface area contributed by atoms with E-state index in [1.165, 1.54) is 7.05 Å². The van der Waals surface area contributed by atoms with Gasteiger partial charge in [-0.1, -0.05) is 35.0 Å². The van der Waals surface area contributed by atoms with Gasteiger partial charge in [0.25, 0.3) is 5.91 Å². The van der Waals surface area contributed by atoms with Crippen LogP contribution in [0.1, 0.15) is 5.56 Å². The molecular weight excluding hydrogens is 302 g/mol. The first-order valence-corrected chi connectivity index (χ1v) is 7.98. The molecule has 2 heterocycles. The number of nitrogens with zero attached hydrogens (tertiary/aromatic N) is 2. The third kappa shape index (κ3) is 2.45. The van der Waals surface area contributed by atoms with Crippen LogP contribution in [0.25, 0.3) is 0 Å². The third-order valence-electron chi connectivity index (χ3n) is 3.25. The number of hydrogen-bond donors (Lipinski definition) is 3. The molecule has 0 atom stereocenters. The molecule has 22 heavy (non-hydrogen) atoms. The summed E-state index contributed by atoms with van der Waals surface area (Å²) in [5.74, 6) is -0.124. The van der Waals surface area contributed by atoms with Gasteiger partial charge in [0.05, 0.1) is 4.90 Å². The number of pyridine rings is 1. The van der Waals surface area contributed by atoms with E-state index >= 15 is 0 Å². The van der Waals surface area contributed by atoms with E-state index in [4.69, 9.17) is 0 Å². The average Bonchev–Trinajstić information content (AvgIpc) is 2.52. The monoisotopic (exact) mass is 316 g/mol. The number of carbonyl (C=O) groups is 1. The normalized spacial score (nSPS) is 17.2. The Bertz CT molecular complexity index is 747. The van der Waals surface area contributed by atoms with Crippen LogP contribution in [0, 0.1) is 6.08 Å². The summed E-state index contributed by atoms with van der Waals surface area (Å²) in [5.41, 5.74) is 0.538. The van der Waals surface area contributed by atoms with Gasteiger partial charge in [0.2, 0.25) is 0 Å². The highest BCUT2D eigenvalue weighted by atomic mass is 32.3. The smallest absolute Gasteiger partial charge is 0.275 e. The molecule has 1 aliphatic heterocycles. The molecule has 1 aromatic heterocycles. The number of nitrogens with one attached hydrogen (secondary N) is 1. The molecule has 0 saturated carbocycles. The zero-order valence-electron chi connectivity index (χ0n) is 11.7. The van der Waals surface area contributed by atoms with Crippen molar-refractivity contribution in [3.05, 3.63) is 66.0 Å². The lowest BCUT2D eigenvalue weighted by Gasteiger charge is -2.45. The summed E-state index contributed by atoms with van der Waals surface area (Å²) in [6.07, 6.45) is 4.48. The van der Waals surface area contributed by atoms with Gasteiger partial charge in [-0.25, -0.2) is 4.98 Å². The van der Waals surface area contributed by atoms with Crippen molar-refractivity contribution in [2.75, 3.05) is 12.4 Å². The zero-order chi connectivity index (χ0) is 15.7. The Morgan fingerprint density at radius 1 is 1.23 bits per heavy atom. The quantitative estimate of drug-likeness (QED) is 0.793. The van der Waals surface area contributed by atoms with Crippen molar-refractivity contribution in [2.45, 2.75) is 4.90 Å². The van der Waals surface area contributed by atoms with Crippen molar-refractivity contribution in [2.24, 2.45) is 0 Å². The molecule has 1 aromatic carbocycles. The highest BCUT2D eigenvalue weighted by Gasteiger charge is 2.33. The van der Waals surface area contributed by atoms with Crippen LogP contribution in [0.3, 0.4) is 0 Å². The number of likely N-dealkylation sites (N-methyl/N-ethyl adjacent to an activating group) is 1. The van der Waals surface area contributed by atoms with Crippen LogP contribution in [-0.4, -0.2) is 31.3 Å². The minimum absolute atomic E-state index is 0.0457. The Kier molecular flexibility index (Phi) is 3.61. The topological polar surface area (TPSA) is 85.7 Å². The highest BCUT2D eigenvalue weighted by Crippen LogP contribution is 2.56. The van der Waals surface area contributed by atoms with Crippen LogP contribution in [0.2, 0.25) is 0 Å². The molecule has 113 valence electrons. The second kappa shape index (κ2) is 5.45. The first-order valence-electron chi connectivity index (χ1n) is 6.47. The second-order valence-electron chi connectivity index (χ2n) is 4.66. The molecule has 6 nitrogen and oxygen atoms in total. The predicted molar refractivity (Wildman–Crippen MR) is 84.0 cm³/mol. The van der Waals surface area contributed by atoms with Gasteiger partial charge >= 0.3 is 0 Å². The third-order valence-corrected chi connectivity index (χ3v) is 5.15. The van der Waals surface area contributed by atoms with E-state index in [0.717, 1.165) is 4.31 Å². The number of benzene rings is 1. The van der Waals surface area contributed by atoms with E-state index < -0.39 is 16.7 Å². The summed E-state index contributed by atoms with van der Waals surface area (Å²) in [7, 11) is -1.80. The molecule has 0 fully saturated rings. The van der Waals surface area contributed by atoms with E-state index in [1.807, 2.05) is 0 Å². The fourth-order valence-electron chi connectivity index (χ4n) is 2.10. The van der Waals surface area contributed by atoms with Gasteiger partial charge in [-0.05, 0) is 18.2 Å². The van der Waals surface area contributed by atoms with E-state index in [2.05, 4.69) is 16.4 Å². The van der Waals surface area contributed by atoms with Crippen molar-refractivity contribution in [1.82, 2.24) is 9.29 Å². The van der Waals surface area contributed by atoms with Crippen LogP contribution in [0.15, 0.2) is 59.3 Å². The standard InChI is InChI=1S/C15H14N3O3S/c1-18-12(15(19)17-14-8-4-5-9-16-14)10-11-6-2-3-7-13(11)22(18,20)21/h2-9,20-21H,1H3,(H,16,17,19). The van der Waals surface area contributed by atoms with Crippen LogP contribution in [0.4, 0.5) is 5.82 Å². The lowest BCUT2D eigenvalue weighted by atomic mass is 10.2. The minimum Gasteiger partial charge on any atom is -0.305 e. The molecule has 1 amide bonds. The van der Waals surface area contributed by atoms with Gasteiger partial charge < -0.3 is 5.32 Å². The molecule has 1 aliphatic rings. The molecule has 0 saturated heterocycles. The SMILES string of the molecule is CN1C(C(=O)Nc2ccccn2)=[C]c2ccccc2S1(O)O. The number of amides is 1. The molecular formula is C15H14N3O3S. The second-order valence-corrected chi connectivity index (χ2v) is 6.68. The summed E-state index contributed by atoms with van der Waals surface area (Å²) in [6.45, 7) is 0. The number of carbonyl (C=O) groups excluding carboxylic acids is 1. The maximum Gasteiger partial charge on any atom is 0.275 e. The summed E-state index contributed by atoms with van der Waals surface area (Å²) in [6, 6.07) is 11.9. The van der Waals surface area contributed by atoms with Gasteiger partial charge in [-0.2, -0.15) is 0 Å². The van der Waals surface area contributed by atoms with Gasteiger partial charge in [-0.15, -0.1) is 0 Å². The van der Waals surface area contributed by atoms with Gasteiger partial charge in [0, 0.05) is 24.9 Å². The molecule has 7 heteroatoms. The minimum atomic E-state index is -3.25. The summed E-state index contributed by atoms with van der Waals surface area (Å²) < 4.78 is 21.9. The molecule has 3 N–H and O–H groups in total. The largest absolute Gasteiger partial charge is 0.305 e. The van der Waals surface area contributed by atoms with Gasteiger partial charge in [0.15, 0.2) is 0 Å². The molecule has 1 radical (unpaired) electrons. The van der Waals surface area contributed by atoms with Gasteiger partial charge in [-0.3, -0.25) is 18.2 Å². The molecule has 0 aliphatic carbocycles. The molecule has 2 aromatic rings. The van der Waals surface area contributed by atoms with Crippen LogP contribution in [0.5, 0.6) is 0 Å². The number of rotatable bonds is 2. The number of fused-ring (bicyclic) bond motifs is 1. The first-order chi connectivity index (χ1) is 10.5. The first kappa shape index (κ1) is 14.6. The highest BCUT2D eigenvalue weighted by molar-refractivity contribution is 8.22. The molecule has 3 rings (SSSR count). The van der Waals surface area contributed by atoms with E-state index in [1.54, 1.807) is 48.7 Å². The average molecular weight is 316 g/mol. The zero-order valence-corrected chi connectivity index (χ0v) is 12.5. The summed E-state index contributed by atoms with van der Waals surface area (Å²) in [5, 5.41) is 2.61. The van der Waals surface area contributed by atoms with Crippen molar-refractivity contribution < 1.29 is 13.9 Å². The fraction of sp³-hybridized carbons (Fsp3) is 0.0667. The van der Waals surface area contributed by atoms with Crippen molar-refractivity contribution in [1.29, 1.82) is 0 Å². The molecule has 0 unspecified atom stereocenters. The lowest BCUT2D eigenvalue weighted by Crippen LogP contribution is -2.33.